The summed E-state index contributed by atoms with van der Waals surface area (Å²) in [5, 5.41) is 4.77. The summed E-state index contributed by atoms with van der Waals surface area (Å²) in [6.45, 7) is 7.03. The second kappa shape index (κ2) is 6.11. The Balaban J connectivity index is 2.16. The summed E-state index contributed by atoms with van der Waals surface area (Å²) in [7, 11) is 2.13. The smallest absolute Gasteiger partial charge is 0.0658 e. The SMILES string of the molecule is CCCCCC(C)(CCC)c1cc(C2CC2)nn1C. The maximum Gasteiger partial charge on any atom is 0.0658 e. The Morgan fingerprint density at radius 1 is 1.21 bits per heavy atom. The van der Waals surface area contributed by atoms with Crippen LogP contribution < -0.4 is 0 Å². The van der Waals surface area contributed by atoms with Gasteiger partial charge >= 0.3 is 0 Å². The summed E-state index contributed by atoms with van der Waals surface area (Å²) >= 11 is 0. The van der Waals surface area contributed by atoms with E-state index in [2.05, 4.69) is 38.6 Å². The first-order chi connectivity index (χ1) is 9.10. The summed E-state index contributed by atoms with van der Waals surface area (Å²) in [6, 6.07) is 2.40. The lowest BCUT2D eigenvalue weighted by Crippen LogP contribution is -2.25. The number of rotatable bonds is 8. The van der Waals surface area contributed by atoms with Gasteiger partial charge in [0.05, 0.1) is 5.69 Å². The molecule has 0 amide bonds. The Labute approximate surface area is 118 Å². The second-order valence-corrected chi connectivity index (χ2v) is 6.62. The minimum absolute atomic E-state index is 0.318. The van der Waals surface area contributed by atoms with Crippen LogP contribution in [0.5, 0.6) is 0 Å². The molecule has 0 aromatic carbocycles. The molecule has 1 aromatic rings. The van der Waals surface area contributed by atoms with Crippen LogP contribution in [0.3, 0.4) is 0 Å². The maximum atomic E-state index is 4.77. The zero-order chi connectivity index (χ0) is 13.9. The Kier molecular flexibility index (Phi) is 4.70. The maximum absolute atomic E-state index is 4.77. The van der Waals surface area contributed by atoms with Gasteiger partial charge in [-0.1, -0.05) is 46.5 Å². The predicted octanol–water partition coefficient (Wildman–Crippen LogP) is 4.94. The van der Waals surface area contributed by atoms with Crippen LogP contribution in [0, 0.1) is 0 Å². The summed E-state index contributed by atoms with van der Waals surface area (Å²) in [5.41, 5.74) is 3.13. The predicted molar refractivity (Wildman–Crippen MR) is 81.6 cm³/mol. The van der Waals surface area contributed by atoms with Crippen LogP contribution in [0.15, 0.2) is 6.07 Å². The topological polar surface area (TPSA) is 17.8 Å². The molecule has 2 nitrogen and oxygen atoms in total. The molecule has 1 aliphatic rings. The molecule has 1 aliphatic carbocycles. The van der Waals surface area contributed by atoms with E-state index in [1.807, 2.05) is 0 Å². The van der Waals surface area contributed by atoms with E-state index in [0.717, 1.165) is 5.92 Å². The number of aryl methyl sites for hydroxylation is 1. The molecule has 1 saturated carbocycles. The van der Waals surface area contributed by atoms with Crippen molar-refractivity contribution in [2.75, 3.05) is 0 Å². The second-order valence-electron chi connectivity index (χ2n) is 6.62. The van der Waals surface area contributed by atoms with Crippen molar-refractivity contribution in [1.82, 2.24) is 9.78 Å². The average molecular weight is 262 g/mol. The summed E-state index contributed by atoms with van der Waals surface area (Å²) in [6.07, 6.45) is 10.5. The molecule has 2 rings (SSSR count). The minimum atomic E-state index is 0.318. The summed E-state index contributed by atoms with van der Waals surface area (Å²) < 4.78 is 2.16. The third kappa shape index (κ3) is 3.40. The molecular formula is C17H30N2. The van der Waals surface area contributed by atoms with Crippen LogP contribution in [0.1, 0.15) is 89.4 Å². The molecule has 108 valence electrons. The monoisotopic (exact) mass is 262 g/mol. The van der Waals surface area contributed by atoms with Gasteiger partial charge < -0.3 is 0 Å². The Hall–Kier alpha value is -0.790. The zero-order valence-electron chi connectivity index (χ0n) is 13.2. The van der Waals surface area contributed by atoms with Crippen LogP contribution in [0.4, 0.5) is 0 Å². The highest BCUT2D eigenvalue weighted by Gasteiger charge is 2.32. The quantitative estimate of drug-likeness (QED) is 0.607. The van der Waals surface area contributed by atoms with Crippen LogP contribution >= 0.6 is 0 Å². The molecule has 2 heteroatoms. The first-order valence-corrected chi connectivity index (χ1v) is 8.15. The van der Waals surface area contributed by atoms with Gasteiger partial charge in [0.1, 0.15) is 0 Å². The Bertz CT molecular complexity index is 403. The Morgan fingerprint density at radius 2 is 1.95 bits per heavy atom. The van der Waals surface area contributed by atoms with E-state index >= 15 is 0 Å². The van der Waals surface area contributed by atoms with Crippen molar-refractivity contribution in [3.05, 3.63) is 17.5 Å². The van der Waals surface area contributed by atoms with Crippen LogP contribution in [-0.4, -0.2) is 9.78 Å². The van der Waals surface area contributed by atoms with Gasteiger partial charge in [-0.25, -0.2) is 0 Å². The molecule has 0 radical (unpaired) electrons. The summed E-state index contributed by atoms with van der Waals surface area (Å²) in [4.78, 5) is 0. The van der Waals surface area contributed by atoms with Gasteiger partial charge in [-0.2, -0.15) is 5.10 Å². The fourth-order valence-corrected chi connectivity index (χ4v) is 3.33. The molecule has 0 N–H and O–H groups in total. The molecule has 0 bridgehead atoms. The number of unbranched alkanes of at least 4 members (excludes halogenated alkanes) is 2. The van der Waals surface area contributed by atoms with Crippen molar-refractivity contribution >= 4 is 0 Å². The molecule has 1 atom stereocenters. The highest BCUT2D eigenvalue weighted by atomic mass is 15.3. The van der Waals surface area contributed by atoms with Gasteiger partial charge in [0, 0.05) is 24.1 Å². The van der Waals surface area contributed by atoms with Crippen molar-refractivity contribution in [2.45, 2.75) is 83.5 Å². The van der Waals surface area contributed by atoms with Crippen LogP contribution in [-0.2, 0) is 12.5 Å². The van der Waals surface area contributed by atoms with E-state index < -0.39 is 0 Å². The first-order valence-electron chi connectivity index (χ1n) is 8.15. The van der Waals surface area contributed by atoms with Gasteiger partial charge in [-0.05, 0) is 31.7 Å². The zero-order valence-corrected chi connectivity index (χ0v) is 13.2. The lowest BCUT2D eigenvalue weighted by Gasteiger charge is -2.29. The number of hydrogen-bond donors (Lipinski definition) is 0. The van der Waals surface area contributed by atoms with E-state index in [4.69, 9.17) is 5.10 Å². The molecule has 1 unspecified atom stereocenters. The van der Waals surface area contributed by atoms with Gasteiger partial charge in [0.2, 0.25) is 0 Å². The lowest BCUT2D eigenvalue weighted by atomic mass is 9.77. The number of aromatic nitrogens is 2. The van der Waals surface area contributed by atoms with Crippen LogP contribution in [0.2, 0.25) is 0 Å². The third-order valence-corrected chi connectivity index (χ3v) is 4.65. The van der Waals surface area contributed by atoms with Crippen LogP contribution in [0.25, 0.3) is 0 Å². The molecule has 19 heavy (non-hydrogen) atoms. The highest BCUT2D eigenvalue weighted by Crippen LogP contribution is 2.42. The molecule has 0 spiro atoms. The molecular weight excluding hydrogens is 232 g/mol. The van der Waals surface area contributed by atoms with E-state index in [1.54, 1.807) is 0 Å². The van der Waals surface area contributed by atoms with Crippen molar-refractivity contribution in [1.29, 1.82) is 0 Å². The van der Waals surface area contributed by atoms with Crippen molar-refractivity contribution < 1.29 is 0 Å². The van der Waals surface area contributed by atoms with E-state index in [0.29, 0.717) is 5.41 Å². The molecule has 0 aliphatic heterocycles. The fourth-order valence-electron chi connectivity index (χ4n) is 3.33. The van der Waals surface area contributed by atoms with E-state index in [-0.39, 0.29) is 0 Å². The highest BCUT2D eigenvalue weighted by molar-refractivity contribution is 5.24. The standard InChI is InChI=1S/C17H30N2/c1-5-7-8-12-17(3,11-6-2)16-13-15(14-9-10-14)18-19(16)4/h13-14H,5-12H2,1-4H3. The first kappa shape index (κ1) is 14.6. The van der Waals surface area contributed by atoms with E-state index in [9.17, 15) is 0 Å². The Morgan fingerprint density at radius 3 is 2.53 bits per heavy atom. The van der Waals surface area contributed by atoms with E-state index in [1.165, 1.54) is 62.8 Å². The summed E-state index contributed by atoms with van der Waals surface area (Å²) in [5.74, 6) is 0.765. The molecule has 0 saturated heterocycles. The molecule has 1 aromatic heterocycles. The van der Waals surface area contributed by atoms with Crippen molar-refractivity contribution in [3.8, 4) is 0 Å². The fraction of sp³-hybridized carbons (Fsp3) is 0.824. The molecule has 1 fully saturated rings. The normalized spacial score (nSPS) is 18.5. The number of hydrogen-bond acceptors (Lipinski definition) is 1. The van der Waals surface area contributed by atoms with Gasteiger partial charge in [-0.3, -0.25) is 4.68 Å². The van der Waals surface area contributed by atoms with Crippen molar-refractivity contribution in [3.63, 3.8) is 0 Å². The van der Waals surface area contributed by atoms with Crippen molar-refractivity contribution in [2.24, 2.45) is 7.05 Å². The average Bonchev–Trinajstić information content (AvgIpc) is 3.13. The van der Waals surface area contributed by atoms with Gasteiger partial charge in [0.25, 0.3) is 0 Å². The third-order valence-electron chi connectivity index (χ3n) is 4.65. The van der Waals surface area contributed by atoms with Gasteiger partial charge in [-0.15, -0.1) is 0 Å². The molecule has 1 heterocycles. The largest absolute Gasteiger partial charge is 0.272 e. The number of nitrogens with zero attached hydrogens (tertiary/aromatic N) is 2. The lowest BCUT2D eigenvalue weighted by molar-refractivity contribution is 0.355. The van der Waals surface area contributed by atoms with Gasteiger partial charge in [0.15, 0.2) is 0 Å². The minimum Gasteiger partial charge on any atom is -0.272 e.